The van der Waals surface area contributed by atoms with E-state index in [9.17, 15) is 0 Å². The lowest BCUT2D eigenvalue weighted by atomic mass is 10.0. The minimum atomic E-state index is 0.187. The van der Waals surface area contributed by atoms with Gasteiger partial charge in [-0.1, -0.05) is 6.42 Å². The molecule has 0 amide bonds. The van der Waals surface area contributed by atoms with Gasteiger partial charge in [0.15, 0.2) is 0 Å². The highest BCUT2D eigenvalue weighted by atomic mass is 32.1. The molecule has 2 rings (SSSR count). The predicted octanol–water partition coefficient (Wildman–Crippen LogP) is 3.10. The third-order valence-electron chi connectivity index (χ3n) is 3.48. The molecule has 17 heavy (non-hydrogen) atoms. The van der Waals surface area contributed by atoms with Gasteiger partial charge in [-0.3, -0.25) is 0 Å². The van der Waals surface area contributed by atoms with Gasteiger partial charge in [0.25, 0.3) is 0 Å². The Balaban J connectivity index is 2.04. The Morgan fingerprint density at radius 3 is 2.82 bits per heavy atom. The Morgan fingerprint density at radius 1 is 1.47 bits per heavy atom. The fourth-order valence-corrected chi connectivity index (χ4v) is 3.60. The molecule has 3 nitrogen and oxygen atoms in total. The number of hydrogen-bond acceptors (Lipinski definition) is 4. The zero-order valence-electron chi connectivity index (χ0n) is 10.7. The number of hydrogen-bond donors (Lipinski definition) is 1. The first-order valence-corrected chi connectivity index (χ1v) is 7.03. The van der Waals surface area contributed by atoms with Crippen LogP contribution in [0.4, 0.5) is 0 Å². The van der Waals surface area contributed by atoms with Crippen LogP contribution in [0, 0.1) is 31.1 Å². The summed E-state index contributed by atoms with van der Waals surface area (Å²) in [6.45, 7) is 6.28. The lowest BCUT2D eigenvalue weighted by Crippen LogP contribution is -2.33. The van der Waals surface area contributed by atoms with Gasteiger partial charge in [-0.25, -0.2) is 4.98 Å². The zero-order chi connectivity index (χ0) is 12.4. The highest BCUT2D eigenvalue weighted by Crippen LogP contribution is 2.30. The van der Waals surface area contributed by atoms with E-state index in [1.807, 2.05) is 6.92 Å². The molecular formula is C13H19N3S. The number of nitrogens with one attached hydrogen (secondary N) is 1. The van der Waals surface area contributed by atoms with Gasteiger partial charge in [0.2, 0.25) is 0 Å². The van der Waals surface area contributed by atoms with Crippen LogP contribution in [0.15, 0.2) is 0 Å². The molecule has 1 N–H and O–H groups in total. The van der Waals surface area contributed by atoms with Gasteiger partial charge in [-0.15, -0.1) is 11.3 Å². The predicted molar refractivity (Wildman–Crippen MR) is 69.9 cm³/mol. The van der Waals surface area contributed by atoms with E-state index < -0.39 is 0 Å². The van der Waals surface area contributed by atoms with E-state index in [2.05, 4.69) is 30.2 Å². The second-order valence-electron chi connectivity index (χ2n) is 4.84. The second-order valence-corrected chi connectivity index (χ2v) is 6.08. The first-order valence-electron chi connectivity index (χ1n) is 6.21. The lowest BCUT2D eigenvalue weighted by molar-refractivity contribution is 0.419. The molecule has 1 fully saturated rings. The highest BCUT2D eigenvalue weighted by Gasteiger charge is 2.28. The van der Waals surface area contributed by atoms with Crippen LogP contribution in [0.5, 0.6) is 0 Å². The van der Waals surface area contributed by atoms with E-state index in [-0.39, 0.29) is 5.92 Å². The fourth-order valence-electron chi connectivity index (χ4n) is 2.66. The van der Waals surface area contributed by atoms with E-state index in [0.717, 1.165) is 23.5 Å². The summed E-state index contributed by atoms with van der Waals surface area (Å²) in [5.74, 6) is 0.187. The summed E-state index contributed by atoms with van der Waals surface area (Å²) in [5.41, 5.74) is 1.12. The molecule has 1 heterocycles. The molecule has 1 saturated carbocycles. The molecule has 1 aliphatic rings. The summed E-state index contributed by atoms with van der Waals surface area (Å²) < 4.78 is 0. The fraction of sp³-hybridized carbons (Fsp3) is 0.692. The van der Waals surface area contributed by atoms with Gasteiger partial charge in [0.05, 0.1) is 22.7 Å². The molecule has 0 spiro atoms. The van der Waals surface area contributed by atoms with Gasteiger partial charge in [0.1, 0.15) is 0 Å². The first-order chi connectivity index (χ1) is 8.11. The minimum Gasteiger partial charge on any atom is -0.305 e. The van der Waals surface area contributed by atoms with Gasteiger partial charge >= 0.3 is 0 Å². The van der Waals surface area contributed by atoms with Gasteiger partial charge in [-0.2, -0.15) is 5.26 Å². The van der Waals surface area contributed by atoms with Gasteiger partial charge in [-0.05, 0) is 33.6 Å². The Kier molecular flexibility index (Phi) is 3.80. The van der Waals surface area contributed by atoms with E-state index in [4.69, 9.17) is 5.26 Å². The van der Waals surface area contributed by atoms with E-state index in [1.54, 1.807) is 11.3 Å². The summed E-state index contributed by atoms with van der Waals surface area (Å²) in [6, 6.07) is 3.08. The van der Waals surface area contributed by atoms with Crippen molar-refractivity contribution in [2.75, 3.05) is 0 Å². The molecular weight excluding hydrogens is 230 g/mol. The van der Waals surface area contributed by atoms with Crippen LogP contribution in [-0.4, -0.2) is 11.0 Å². The number of nitrogens with zero attached hydrogens (tertiary/aromatic N) is 2. The SMILES string of the molecule is Cc1nc(C)c(C(C)NC2CCCC2C#N)s1. The molecule has 1 aromatic heterocycles. The topological polar surface area (TPSA) is 48.7 Å². The number of nitriles is 1. The maximum absolute atomic E-state index is 9.08. The van der Waals surface area contributed by atoms with Crippen molar-refractivity contribution in [3.63, 3.8) is 0 Å². The van der Waals surface area contributed by atoms with Crippen LogP contribution >= 0.6 is 11.3 Å². The number of aryl methyl sites for hydroxylation is 2. The summed E-state index contributed by atoms with van der Waals surface area (Å²) >= 11 is 1.76. The molecule has 92 valence electrons. The van der Waals surface area contributed by atoms with Crippen LogP contribution < -0.4 is 5.32 Å². The zero-order valence-corrected chi connectivity index (χ0v) is 11.5. The largest absolute Gasteiger partial charge is 0.305 e. The molecule has 0 aliphatic heterocycles. The van der Waals surface area contributed by atoms with Crippen LogP contribution in [0.1, 0.15) is 47.8 Å². The van der Waals surface area contributed by atoms with Crippen molar-refractivity contribution in [2.24, 2.45) is 5.92 Å². The smallest absolute Gasteiger partial charge is 0.0900 e. The Hall–Kier alpha value is -0.920. The van der Waals surface area contributed by atoms with Crippen molar-refractivity contribution in [1.82, 2.24) is 10.3 Å². The van der Waals surface area contributed by atoms with Crippen LogP contribution in [-0.2, 0) is 0 Å². The Bertz CT molecular complexity index is 432. The van der Waals surface area contributed by atoms with Crippen molar-refractivity contribution in [3.8, 4) is 6.07 Å². The highest BCUT2D eigenvalue weighted by molar-refractivity contribution is 7.11. The molecule has 3 unspecified atom stereocenters. The van der Waals surface area contributed by atoms with E-state index in [1.165, 1.54) is 11.3 Å². The average molecular weight is 249 g/mol. The number of rotatable bonds is 3. The van der Waals surface area contributed by atoms with Crippen molar-refractivity contribution >= 4 is 11.3 Å². The maximum Gasteiger partial charge on any atom is 0.0900 e. The molecule has 1 aromatic rings. The first kappa shape index (κ1) is 12.5. The normalized spacial score (nSPS) is 25.8. The molecule has 4 heteroatoms. The van der Waals surface area contributed by atoms with Gasteiger partial charge in [0, 0.05) is 17.0 Å². The van der Waals surface area contributed by atoms with Crippen LogP contribution in [0.25, 0.3) is 0 Å². The van der Waals surface area contributed by atoms with Crippen molar-refractivity contribution in [2.45, 2.75) is 52.1 Å². The summed E-state index contributed by atoms with van der Waals surface area (Å²) in [4.78, 5) is 5.77. The third-order valence-corrected chi connectivity index (χ3v) is 4.73. The average Bonchev–Trinajstić information content (AvgIpc) is 2.84. The second kappa shape index (κ2) is 5.16. The minimum absolute atomic E-state index is 0.187. The molecule has 1 aliphatic carbocycles. The maximum atomic E-state index is 9.08. The molecule has 0 saturated heterocycles. The lowest BCUT2D eigenvalue weighted by Gasteiger charge is -2.21. The van der Waals surface area contributed by atoms with Crippen molar-refractivity contribution < 1.29 is 0 Å². The standard InChI is InChI=1S/C13H19N3S/c1-8-13(17-10(3)15-8)9(2)16-12-6-4-5-11(12)7-14/h9,11-12,16H,4-6H2,1-3H3. The van der Waals surface area contributed by atoms with Crippen molar-refractivity contribution in [3.05, 3.63) is 15.6 Å². The molecule has 0 aromatic carbocycles. The molecule has 0 bridgehead atoms. The summed E-state index contributed by atoms with van der Waals surface area (Å²) in [6.07, 6.45) is 3.34. The molecule has 0 radical (unpaired) electrons. The van der Waals surface area contributed by atoms with E-state index >= 15 is 0 Å². The molecule has 3 atom stereocenters. The van der Waals surface area contributed by atoms with E-state index in [0.29, 0.717) is 12.1 Å². The quantitative estimate of drug-likeness (QED) is 0.895. The third kappa shape index (κ3) is 2.67. The monoisotopic (exact) mass is 249 g/mol. The number of aromatic nitrogens is 1. The summed E-state index contributed by atoms with van der Waals surface area (Å²) in [7, 11) is 0. The van der Waals surface area contributed by atoms with Gasteiger partial charge < -0.3 is 5.32 Å². The number of thiazole rings is 1. The Labute approximate surface area is 107 Å². The summed E-state index contributed by atoms with van der Waals surface area (Å²) in [5, 5.41) is 13.8. The van der Waals surface area contributed by atoms with Crippen LogP contribution in [0.2, 0.25) is 0 Å². The van der Waals surface area contributed by atoms with Crippen LogP contribution in [0.3, 0.4) is 0 Å². The Morgan fingerprint density at radius 2 is 2.24 bits per heavy atom. The van der Waals surface area contributed by atoms with Crippen molar-refractivity contribution in [1.29, 1.82) is 5.26 Å².